The van der Waals surface area contributed by atoms with Crippen molar-refractivity contribution in [3.63, 3.8) is 0 Å². The summed E-state index contributed by atoms with van der Waals surface area (Å²) in [7, 11) is 0. The zero-order valence-electron chi connectivity index (χ0n) is 14.6. The van der Waals surface area contributed by atoms with Crippen molar-refractivity contribution in [2.24, 2.45) is 0 Å². The van der Waals surface area contributed by atoms with Gasteiger partial charge in [-0.2, -0.15) is 0 Å². The van der Waals surface area contributed by atoms with Gasteiger partial charge in [0, 0.05) is 18.1 Å². The van der Waals surface area contributed by atoms with Gasteiger partial charge in [-0.15, -0.1) is 0 Å². The van der Waals surface area contributed by atoms with Crippen LogP contribution >= 0.6 is 0 Å². The molecule has 0 fully saturated rings. The maximum atomic E-state index is 12.4. The third kappa shape index (κ3) is 4.95. The maximum absolute atomic E-state index is 12.4. The van der Waals surface area contributed by atoms with Gasteiger partial charge < -0.3 is 15.2 Å². The number of rotatable bonds is 7. The summed E-state index contributed by atoms with van der Waals surface area (Å²) < 4.78 is 5.73. The minimum Gasteiger partial charge on any atom is -0.493 e. The van der Waals surface area contributed by atoms with Crippen molar-refractivity contribution >= 4 is 17.6 Å². The highest BCUT2D eigenvalue weighted by atomic mass is 16.5. The number of aromatic carboxylic acids is 1. The fraction of sp³-hybridized carbons (Fsp3) is 0.0909. The lowest BCUT2D eigenvalue weighted by Gasteiger charge is -2.12. The van der Waals surface area contributed by atoms with Crippen molar-refractivity contribution in [2.45, 2.75) is 6.42 Å². The average molecular weight is 361 g/mol. The van der Waals surface area contributed by atoms with Crippen LogP contribution in [-0.2, 0) is 6.42 Å². The van der Waals surface area contributed by atoms with Crippen molar-refractivity contribution < 1.29 is 19.4 Å². The van der Waals surface area contributed by atoms with E-state index in [0.717, 1.165) is 12.0 Å². The summed E-state index contributed by atoms with van der Waals surface area (Å²) in [6, 6.07) is 23.1. The number of carboxylic acid groups (broad SMARTS) is 1. The van der Waals surface area contributed by atoms with Gasteiger partial charge in [-0.3, -0.25) is 4.79 Å². The molecular formula is C22H19NO4. The minimum atomic E-state index is -1.12. The van der Waals surface area contributed by atoms with Gasteiger partial charge in [0.15, 0.2) is 0 Å². The molecule has 1 amide bonds. The number of nitrogens with one attached hydrogen (secondary N) is 1. The molecule has 0 heterocycles. The van der Waals surface area contributed by atoms with Gasteiger partial charge in [0.05, 0.1) is 17.9 Å². The number of ether oxygens (including phenoxy) is 1. The molecule has 0 aromatic heterocycles. The quantitative estimate of drug-likeness (QED) is 0.659. The van der Waals surface area contributed by atoms with Crippen LogP contribution in [0.15, 0.2) is 78.9 Å². The summed E-state index contributed by atoms with van der Waals surface area (Å²) in [6.07, 6.45) is 0.729. The molecule has 0 aliphatic heterocycles. The summed E-state index contributed by atoms with van der Waals surface area (Å²) in [4.78, 5) is 23.8. The molecule has 0 saturated heterocycles. The smallest absolute Gasteiger partial charge is 0.337 e. The van der Waals surface area contributed by atoms with E-state index < -0.39 is 5.97 Å². The SMILES string of the molecule is O=C(Nc1cc(OCCc2ccccc2)ccc1C(=O)O)c1ccccc1. The first-order chi connectivity index (χ1) is 13.1. The Kier molecular flexibility index (Phi) is 5.84. The monoisotopic (exact) mass is 361 g/mol. The van der Waals surface area contributed by atoms with Gasteiger partial charge in [0.25, 0.3) is 5.91 Å². The lowest BCUT2D eigenvalue weighted by molar-refractivity contribution is 0.0698. The molecule has 0 unspecified atom stereocenters. The van der Waals surface area contributed by atoms with Gasteiger partial charge in [0.2, 0.25) is 0 Å². The minimum absolute atomic E-state index is 0.00897. The molecule has 136 valence electrons. The van der Waals surface area contributed by atoms with E-state index in [1.807, 2.05) is 30.3 Å². The van der Waals surface area contributed by atoms with E-state index in [0.29, 0.717) is 17.9 Å². The summed E-state index contributed by atoms with van der Waals surface area (Å²) >= 11 is 0. The third-order valence-electron chi connectivity index (χ3n) is 4.01. The Balaban J connectivity index is 1.72. The number of hydrogen-bond acceptors (Lipinski definition) is 3. The zero-order valence-corrected chi connectivity index (χ0v) is 14.6. The molecule has 0 bridgehead atoms. The molecule has 0 atom stereocenters. The molecule has 2 N–H and O–H groups in total. The molecule has 0 aliphatic carbocycles. The van der Waals surface area contributed by atoms with Crippen LogP contribution in [0.4, 0.5) is 5.69 Å². The number of carboxylic acids is 1. The highest BCUT2D eigenvalue weighted by molar-refractivity contribution is 6.07. The van der Waals surface area contributed by atoms with Crippen LogP contribution in [-0.4, -0.2) is 23.6 Å². The van der Waals surface area contributed by atoms with Crippen molar-refractivity contribution in [2.75, 3.05) is 11.9 Å². The molecule has 3 rings (SSSR count). The second-order valence-electron chi connectivity index (χ2n) is 5.92. The number of anilines is 1. The van der Waals surface area contributed by atoms with Crippen molar-refractivity contribution in [3.8, 4) is 5.75 Å². The normalized spacial score (nSPS) is 10.2. The van der Waals surface area contributed by atoms with Crippen LogP contribution in [0.3, 0.4) is 0 Å². The Hall–Kier alpha value is -3.60. The van der Waals surface area contributed by atoms with Crippen LogP contribution in [0.1, 0.15) is 26.3 Å². The number of amides is 1. The fourth-order valence-corrected chi connectivity index (χ4v) is 2.62. The second-order valence-corrected chi connectivity index (χ2v) is 5.92. The van der Waals surface area contributed by atoms with Crippen LogP contribution in [0.2, 0.25) is 0 Å². The third-order valence-corrected chi connectivity index (χ3v) is 4.01. The second kappa shape index (κ2) is 8.67. The van der Waals surface area contributed by atoms with Crippen molar-refractivity contribution in [3.05, 3.63) is 95.6 Å². The first kappa shape index (κ1) is 18.2. The van der Waals surface area contributed by atoms with Crippen LogP contribution < -0.4 is 10.1 Å². The zero-order chi connectivity index (χ0) is 19.1. The summed E-state index contributed by atoms with van der Waals surface area (Å²) in [5.74, 6) is -0.993. The molecule has 0 aliphatic rings. The molecule has 0 radical (unpaired) electrons. The van der Waals surface area contributed by atoms with Crippen molar-refractivity contribution in [1.82, 2.24) is 0 Å². The van der Waals surface area contributed by atoms with Gasteiger partial charge >= 0.3 is 5.97 Å². The lowest BCUT2D eigenvalue weighted by Crippen LogP contribution is -2.15. The summed E-state index contributed by atoms with van der Waals surface area (Å²) in [5, 5.41) is 12.0. The van der Waals surface area contributed by atoms with E-state index in [9.17, 15) is 14.7 Å². The number of hydrogen-bond donors (Lipinski definition) is 2. The highest BCUT2D eigenvalue weighted by Crippen LogP contribution is 2.24. The van der Waals surface area contributed by atoms with Gasteiger partial charge in [-0.25, -0.2) is 4.79 Å². The topological polar surface area (TPSA) is 75.6 Å². The van der Waals surface area contributed by atoms with E-state index in [2.05, 4.69) is 5.32 Å². The number of benzene rings is 3. The van der Waals surface area contributed by atoms with E-state index in [4.69, 9.17) is 4.74 Å². The standard InChI is InChI=1S/C22H19NO4/c24-21(17-9-5-2-6-10-17)23-20-15-18(11-12-19(20)22(25)26)27-14-13-16-7-3-1-4-8-16/h1-12,15H,13-14H2,(H,23,24)(H,25,26). The number of carbonyl (C=O) groups excluding carboxylic acids is 1. The predicted octanol–water partition coefficient (Wildman–Crippen LogP) is 4.26. The molecule has 0 spiro atoms. The first-order valence-corrected chi connectivity index (χ1v) is 8.54. The van der Waals surface area contributed by atoms with Gasteiger partial charge in [0.1, 0.15) is 5.75 Å². The Morgan fingerprint density at radius 2 is 1.56 bits per heavy atom. The number of carbonyl (C=O) groups is 2. The van der Waals surface area contributed by atoms with E-state index in [1.54, 1.807) is 36.4 Å². The molecule has 3 aromatic rings. The van der Waals surface area contributed by atoms with Gasteiger partial charge in [-0.05, 0) is 29.8 Å². The summed E-state index contributed by atoms with van der Waals surface area (Å²) in [6.45, 7) is 0.447. The van der Waals surface area contributed by atoms with Crippen LogP contribution in [0, 0.1) is 0 Å². The summed E-state index contributed by atoms with van der Waals surface area (Å²) in [5.41, 5.74) is 1.81. The first-order valence-electron chi connectivity index (χ1n) is 8.54. The van der Waals surface area contributed by atoms with Crippen molar-refractivity contribution in [1.29, 1.82) is 0 Å². The largest absolute Gasteiger partial charge is 0.493 e. The predicted molar refractivity (Wildman–Crippen MR) is 103 cm³/mol. The average Bonchev–Trinajstić information content (AvgIpc) is 2.69. The lowest BCUT2D eigenvalue weighted by atomic mass is 10.1. The van der Waals surface area contributed by atoms with E-state index in [1.165, 1.54) is 12.1 Å². The Bertz CT molecular complexity index is 924. The van der Waals surface area contributed by atoms with Gasteiger partial charge in [-0.1, -0.05) is 48.5 Å². The Morgan fingerprint density at radius 3 is 2.22 bits per heavy atom. The fourth-order valence-electron chi connectivity index (χ4n) is 2.62. The molecule has 5 nitrogen and oxygen atoms in total. The van der Waals surface area contributed by atoms with E-state index >= 15 is 0 Å². The molecular weight excluding hydrogens is 342 g/mol. The molecule has 5 heteroatoms. The Labute approximate surface area is 157 Å². The van der Waals surface area contributed by atoms with E-state index in [-0.39, 0.29) is 17.2 Å². The Morgan fingerprint density at radius 1 is 0.889 bits per heavy atom. The molecule has 0 saturated carbocycles. The highest BCUT2D eigenvalue weighted by Gasteiger charge is 2.15. The maximum Gasteiger partial charge on any atom is 0.337 e. The van der Waals surface area contributed by atoms with Crippen LogP contribution in [0.25, 0.3) is 0 Å². The molecule has 3 aromatic carbocycles. The molecule has 27 heavy (non-hydrogen) atoms. The van der Waals surface area contributed by atoms with Crippen LogP contribution in [0.5, 0.6) is 5.75 Å².